The topological polar surface area (TPSA) is 97.3 Å². The Hall–Kier alpha value is -2.22. The van der Waals surface area contributed by atoms with Crippen LogP contribution in [-0.4, -0.2) is 41.9 Å². The summed E-state index contributed by atoms with van der Waals surface area (Å²) >= 11 is 0. The largest absolute Gasteiger partial charge is 0.369 e. The van der Waals surface area contributed by atoms with Crippen molar-refractivity contribution in [2.75, 3.05) is 31.6 Å². The molecule has 0 aliphatic carbocycles. The van der Waals surface area contributed by atoms with E-state index in [2.05, 4.69) is 25.2 Å². The molecule has 106 valence electrons. The minimum atomic E-state index is -0.468. The van der Waals surface area contributed by atoms with Crippen LogP contribution in [0.4, 0.5) is 11.4 Å². The van der Waals surface area contributed by atoms with Gasteiger partial charge in [-0.25, -0.2) is 4.63 Å². The second-order valence-electron chi connectivity index (χ2n) is 4.98. The zero-order chi connectivity index (χ0) is 14.1. The van der Waals surface area contributed by atoms with Crippen molar-refractivity contribution in [2.24, 2.45) is 5.92 Å². The van der Waals surface area contributed by atoms with Crippen molar-refractivity contribution in [3.8, 4) is 0 Å². The summed E-state index contributed by atoms with van der Waals surface area (Å²) in [6.45, 7) is 2.77. The van der Waals surface area contributed by atoms with Crippen LogP contribution in [0.1, 0.15) is 6.42 Å². The maximum atomic E-state index is 11.0. The molecule has 20 heavy (non-hydrogen) atoms. The number of anilines is 1. The maximum absolute atomic E-state index is 11.0. The number of non-ortho nitro benzene ring substituents is 1. The molecule has 0 radical (unpaired) electrons. The minimum absolute atomic E-state index is 0.0732. The summed E-state index contributed by atoms with van der Waals surface area (Å²) < 4.78 is 4.69. The van der Waals surface area contributed by atoms with Crippen molar-refractivity contribution in [1.29, 1.82) is 0 Å². The van der Waals surface area contributed by atoms with Crippen LogP contribution in [0.25, 0.3) is 11.0 Å². The fraction of sp³-hybridized carbons (Fsp3) is 0.500. The van der Waals surface area contributed by atoms with Gasteiger partial charge in [0.05, 0.1) is 10.6 Å². The molecule has 1 aliphatic heterocycles. The van der Waals surface area contributed by atoms with Gasteiger partial charge < -0.3 is 10.2 Å². The smallest absolute Gasteiger partial charge is 0.300 e. The van der Waals surface area contributed by atoms with Gasteiger partial charge in [0.1, 0.15) is 0 Å². The van der Waals surface area contributed by atoms with E-state index in [4.69, 9.17) is 0 Å². The first-order valence-electron chi connectivity index (χ1n) is 6.50. The molecule has 2 heterocycles. The zero-order valence-corrected chi connectivity index (χ0v) is 11.1. The van der Waals surface area contributed by atoms with E-state index >= 15 is 0 Å². The average Bonchev–Trinajstić information content (AvgIpc) is 3.06. The minimum Gasteiger partial charge on any atom is -0.369 e. The molecule has 1 aromatic heterocycles. The Labute approximate surface area is 114 Å². The molecule has 1 fully saturated rings. The molecular formula is C12H15N5O3. The molecule has 1 aliphatic rings. The van der Waals surface area contributed by atoms with E-state index in [1.807, 2.05) is 7.05 Å². The normalized spacial score (nSPS) is 18.9. The van der Waals surface area contributed by atoms with Gasteiger partial charge in [0, 0.05) is 19.2 Å². The second-order valence-corrected chi connectivity index (χ2v) is 4.98. The monoisotopic (exact) mass is 277 g/mol. The van der Waals surface area contributed by atoms with Crippen molar-refractivity contribution >= 4 is 22.4 Å². The van der Waals surface area contributed by atoms with Gasteiger partial charge >= 0.3 is 5.69 Å². The van der Waals surface area contributed by atoms with E-state index < -0.39 is 4.92 Å². The number of benzene rings is 1. The first kappa shape index (κ1) is 12.8. The summed E-state index contributed by atoms with van der Waals surface area (Å²) in [7, 11) is 1.94. The highest BCUT2D eigenvalue weighted by atomic mass is 16.6. The lowest BCUT2D eigenvalue weighted by Gasteiger charge is -2.18. The van der Waals surface area contributed by atoms with Crippen molar-refractivity contribution in [3.63, 3.8) is 0 Å². The number of nitro groups is 1. The van der Waals surface area contributed by atoms with Gasteiger partial charge in [-0.2, -0.15) is 0 Å². The number of hydrogen-bond acceptors (Lipinski definition) is 7. The number of fused-ring (bicyclic) bond motifs is 1. The van der Waals surface area contributed by atoms with Gasteiger partial charge in [-0.05, 0) is 42.3 Å². The number of nitro benzene ring substituents is 1. The number of hydrogen-bond donors (Lipinski definition) is 1. The quantitative estimate of drug-likeness (QED) is 0.661. The third-order valence-electron chi connectivity index (χ3n) is 3.69. The first-order chi connectivity index (χ1) is 9.70. The summed E-state index contributed by atoms with van der Waals surface area (Å²) in [5.41, 5.74) is 1.45. The van der Waals surface area contributed by atoms with E-state index in [9.17, 15) is 10.1 Å². The molecule has 0 saturated carbocycles. The Balaban J connectivity index is 1.95. The van der Waals surface area contributed by atoms with Crippen molar-refractivity contribution in [3.05, 3.63) is 22.2 Å². The van der Waals surface area contributed by atoms with Crippen molar-refractivity contribution in [2.45, 2.75) is 6.42 Å². The highest BCUT2D eigenvalue weighted by Gasteiger charge is 2.27. The Kier molecular flexibility index (Phi) is 3.23. The Morgan fingerprint density at radius 1 is 1.50 bits per heavy atom. The Morgan fingerprint density at radius 2 is 2.30 bits per heavy atom. The van der Waals surface area contributed by atoms with E-state index in [0.717, 1.165) is 31.7 Å². The summed E-state index contributed by atoms with van der Waals surface area (Å²) in [4.78, 5) is 12.7. The molecule has 1 atom stereocenters. The number of rotatable bonds is 4. The zero-order valence-electron chi connectivity index (χ0n) is 11.1. The van der Waals surface area contributed by atoms with Gasteiger partial charge in [-0.3, -0.25) is 10.1 Å². The number of aromatic nitrogens is 2. The summed E-state index contributed by atoms with van der Waals surface area (Å²) in [6, 6.07) is 3.19. The van der Waals surface area contributed by atoms with Crippen LogP contribution in [0.5, 0.6) is 0 Å². The summed E-state index contributed by atoms with van der Waals surface area (Å²) in [5.74, 6) is 0.574. The lowest BCUT2D eigenvalue weighted by Crippen LogP contribution is -2.24. The molecule has 8 heteroatoms. The van der Waals surface area contributed by atoms with Gasteiger partial charge in [0.25, 0.3) is 0 Å². The number of nitrogens with one attached hydrogen (secondary N) is 1. The van der Waals surface area contributed by atoms with Crippen molar-refractivity contribution in [1.82, 2.24) is 15.6 Å². The molecule has 2 aromatic rings. The molecular weight excluding hydrogens is 262 g/mol. The molecule has 3 rings (SSSR count). The standard InChI is InChI=1S/C12H15N5O3/c1-13-6-8-4-5-16(7-8)9-2-3-10(17(18)19)12-11(9)14-20-15-12/h2-3,8,13H,4-7H2,1H3. The molecule has 0 amide bonds. The fourth-order valence-corrected chi connectivity index (χ4v) is 2.75. The van der Waals surface area contributed by atoms with Crippen LogP contribution < -0.4 is 10.2 Å². The number of nitrogens with zero attached hydrogens (tertiary/aromatic N) is 4. The van der Waals surface area contributed by atoms with Crippen LogP contribution in [0.3, 0.4) is 0 Å². The van der Waals surface area contributed by atoms with Crippen LogP contribution in [0, 0.1) is 16.0 Å². The van der Waals surface area contributed by atoms with Crippen LogP contribution in [0.2, 0.25) is 0 Å². The summed E-state index contributed by atoms with van der Waals surface area (Å²) in [6.07, 6.45) is 1.09. The third-order valence-corrected chi connectivity index (χ3v) is 3.69. The van der Waals surface area contributed by atoms with Crippen LogP contribution in [0.15, 0.2) is 16.8 Å². The van der Waals surface area contributed by atoms with E-state index in [0.29, 0.717) is 11.4 Å². The van der Waals surface area contributed by atoms with Crippen LogP contribution in [-0.2, 0) is 0 Å². The third kappa shape index (κ3) is 2.07. The van der Waals surface area contributed by atoms with Gasteiger partial charge in [0.2, 0.25) is 5.52 Å². The highest BCUT2D eigenvalue weighted by molar-refractivity contribution is 5.93. The first-order valence-corrected chi connectivity index (χ1v) is 6.50. The Morgan fingerprint density at radius 3 is 3.05 bits per heavy atom. The predicted molar refractivity (Wildman–Crippen MR) is 72.7 cm³/mol. The van der Waals surface area contributed by atoms with Crippen LogP contribution >= 0.6 is 0 Å². The lowest BCUT2D eigenvalue weighted by atomic mass is 10.1. The molecule has 1 saturated heterocycles. The molecule has 0 spiro atoms. The van der Waals surface area contributed by atoms with E-state index in [1.165, 1.54) is 6.07 Å². The highest BCUT2D eigenvalue weighted by Crippen LogP contribution is 2.33. The lowest BCUT2D eigenvalue weighted by molar-refractivity contribution is -0.383. The van der Waals surface area contributed by atoms with Gasteiger partial charge in [0.15, 0.2) is 5.52 Å². The fourth-order valence-electron chi connectivity index (χ4n) is 2.75. The molecule has 1 N–H and O–H groups in total. The van der Waals surface area contributed by atoms with E-state index in [-0.39, 0.29) is 11.2 Å². The molecule has 0 bridgehead atoms. The Bertz CT molecular complexity index is 641. The van der Waals surface area contributed by atoms with Crippen molar-refractivity contribution < 1.29 is 9.55 Å². The summed E-state index contributed by atoms with van der Waals surface area (Å²) in [5, 5.41) is 21.6. The molecule has 8 nitrogen and oxygen atoms in total. The van der Waals surface area contributed by atoms with E-state index in [1.54, 1.807) is 6.07 Å². The predicted octanol–water partition coefficient (Wildman–Crippen LogP) is 1.18. The maximum Gasteiger partial charge on any atom is 0.300 e. The average molecular weight is 277 g/mol. The second kappa shape index (κ2) is 5.04. The van der Waals surface area contributed by atoms with Gasteiger partial charge in [-0.1, -0.05) is 0 Å². The molecule has 1 aromatic carbocycles. The SMILES string of the molecule is CNCC1CCN(c2ccc([N+](=O)[O-])c3nonc23)C1. The van der Waals surface area contributed by atoms with Gasteiger partial charge in [-0.15, -0.1) is 0 Å². The molecule has 1 unspecified atom stereocenters.